The molecule has 1 aliphatic heterocycles. The summed E-state index contributed by atoms with van der Waals surface area (Å²) in [5, 5.41) is 5.17. The minimum Gasteiger partial charge on any atom is -0.463 e. The van der Waals surface area contributed by atoms with Crippen LogP contribution in [-0.2, 0) is 9.84 Å². The first kappa shape index (κ1) is 21.6. The lowest BCUT2D eigenvalue weighted by atomic mass is 10.1. The fraction of sp³-hybridized carbons (Fsp3) is 0.364. The Morgan fingerprint density at radius 2 is 2.06 bits per heavy atom. The molecule has 0 bridgehead atoms. The van der Waals surface area contributed by atoms with E-state index in [1.54, 1.807) is 46.2 Å². The van der Waals surface area contributed by atoms with Gasteiger partial charge in [-0.2, -0.15) is 5.10 Å². The second-order valence-electron chi connectivity index (χ2n) is 7.69. The summed E-state index contributed by atoms with van der Waals surface area (Å²) in [6.45, 7) is 2.54. The van der Waals surface area contributed by atoms with E-state index < -0.39 is 9.84 Å². The Morgan fingerprint density at radius 1 is 1.29 bits per heavy atom. The van der Waals surface area contributed by atoms with E-state index >= 15 is 0 Å². The van der Waals surface area contributed by atoms with Crippen LogP contribution in [0.1, 0.15) is 36.7 Å². The third-order valence-corrected chi connectivity index (χ3v) is 7.44. The molecule has 0 aliphatic carbocycles. The zero-order chi connectivity index (χ0) is 22.0. The van der Waals surface area contributed by atoms with Crippen molar-refractivity contribution >= 4 is 27.3 Å². The highest BCUT2D eigenvalue weighted by Gasteiger charge is 2.35. The molecule has 7 nitrogen and oxygen atoms in total. The van der Waals surface area contributed by atoms with Gasteiger partial charge in [-0.05, 0) is 49.2 Å². The van der Waals surface area contributed by atoms with Crippen LogP contribution >= 0.6 is 11.6 Å². The first-order valence-electron chi connectivity index (χ1n) is 10.3. The Morgan fingerprint density at radius 3 is 2.68 bits per heavy atom. The zero-order valence-corrected chi connectivity index (χ0v) is 18.8. The third-order valence-electron chi connectivity index (χ3n) is 5.44. The predicted molar refractivity (Wildman–Crippen MR) is 119 cm³/mol. The summed E-state index contributed by atoms with van der Waals surface area (Å²) in [5.41, 5.74) is 1.62. The number of carbonyl (C=O) groups is 1. The van der Waals surface area contributed by atoms with Crippen LogP contribution in [0.5, 0.6) is 0 Å². The molecule has 4 rings (SSSR count). The van der Waals surface area contributed by atoms with Gasteiger partial charge >= 0.3 is 0 Å². The monoisotopic (exact) mass is 461 g/mol. The van der Waals surface area contributed by atoms with E-state index in [1.165, 1.54) is 0 Å². The second-order valence-corrected chi connectivity index (χ2v) is 10.4. The highest BCUT2D eigenvalue weighted by molar-refractivity contribution is 7.91. The third kappa shape index (κ3) is 4.70. The minimum absolute atomic E-state index is 0.00535. The van der Waals surface area contributed by atoms with E-state index in [0.29, 0.717) is 29.4 Å². The molecule has 1 amide bonds. The summed E-state index contributed by atoms with van der Waals surface area (Å²) in [4.78, 5) is 15.1. The number of amides is 1. The van der Waals surface area contributed by atoms with Crippen LogP contribution < -0.4 is 0 Å². The fourth-order valence-electron chi connectivity index (χ4n) is 3.81. The molecule has 1 aliphatic rings. The molecule has 0 radical (unpaired) electrons. The maximum absolute atomic E-state index is 13.5. The summed E-state index contributed by atoms with van der Waals surface area (Å²) >= 11 is 6.02. The SMILES string of the molecule is CCCCN(C(=O)c1cc(-c2ccco2)n(-c2ccc(Cl)cc2)n1)C1CCS(=O)(=O)C1. The second kappa shape index (κ2) is 8.88. The van der Waals surface area contributed by atoms with E-state index in [-0.39, 0.29) is 29.1 Å². The van der Waals surface area contributed by atoms with Gasteiger partial charge in [0.1, 0.15) is 5.69 Å². The van der Waals surface area contributed by atoms with Crippen LogP contribution in [0.25, 0.3) is 17.1 Å². The average molecular weight is 462 g/mol. The summed E-state index contributed by atoms with van der Waals surface area (Å²) < 4.78 is 31.3. The van der Waals surface area contributed by atoms with Crippen LogP contribution in [0, 0.1) is 0 Å². The molecular formula is C22H24ClN3O4S. The largest absolute Gasteiger partial charge is 0.463 e. The van der Waals surface area contributed by atoms with Gasteiger partial charge in [-0.25, -0.2) is 13.1 Å². The molecule has 1 saturated heterocycles. The summed E-state index contributed by atoms with van der Waals surface area (Å²) in [5.74, 6) is 0.427. The number of benzene rings is 1. The molecule has 2 aromatic heterocycles. The van der Waals surface area contributed by atoms with E-state index in [0.717, 1.165) is 18.5 Å². The molecule has 31 heavy (non-hydrogen) atoms. The Balaban J connectivity index is 1.72. The fourth-order valence-corrected chi connectivity index (χ4v) is 5.67. The van der Waals surface area contributed by atoms with Gasteiger partial charge in [0.15, 0.2) is 21.3 Å². The molecule has 3 aromatic rings. The van der Waals surface area contributed by atoms with E-state index in [2.05, 4.69) is 5.10 Å². The van der Waals surface area contributed by atoms with Crippen molar-refractivity contribution in [3.8, 4) is 17.1 Å². The topological polar surface area (TPSA) is 85.4 Å². The van der Waals surface area contributed by atoms with Crippen molar-refractivity contribution in [3.63, 3.8) is 0 Å². The lowest BCUT2D eigenvalue weighted by molar-refractivity contribution is 0.0687. The number of carbonyl (C=O) groups excluding carboxylic acids is 1. The quantitative estimate of drug-likeness (QED) is 0.526. The van der Waals surface area contributed by atoms with Crippen molar-refractivity contribution in [2.45, 2.75) is 32.2 Å². The molecule has 1 atom stereocenters. The number of rotatable bonds is 7. The van der Waals surface area contributed by atoms with Gasteiger partial charge in [-0.3, -0.25) is 4.79 Å². The Kier molecular flexibility index (Phi) is 6.20. The van der Waals surface area contributed by atoms with Crippen LogP contribution in [0.15, 0.2) is 53.1 Å². The summed E-state index contributed by atoms with van der Waals surface area (Å²) in [6, 6.07) is 12.1. The smallest absolute Gasteiger partial charge is 0.274 e. The van der Waals surface area contributed by atoms with E-state index in [9.17, 15) is 13.2 Å². The van der Waals surface area contributed by atoms with E-state index in [4.69, 9.17) is 16.0 Å². The maximum Gasteiger partial charge on any atom is 0.274 e. The first-order valence-corrected chi connectivity index (χ1v) is 12.5. The van der Waals surface area contributed by atoms with Gasteiger partial charge in [0.25, 0.3) is 5.91 Å². The number of nitrogens with zero attached hydrogens (tertiary/aromatic N) is 3. The van der Waals surface area contributed by atoms with Crippen LogP contribution in [-0.4, -0.2) is 53.1 Å². The van der Waals surface area contributed by atoms with Crippen molar-refractivity contribution in [2.24, 2.45) is 0 Å². The lowest BCUT2D eigenvalue weighted by Crippen LogP contribution is -2.42. The molecule has 1 aromatic carbocycles. The number of furan rings is 1. The van der Waals surface area contributed by atoms with Gasteiger partial charge in [0.2, 0.25) is 0 Å². The van der Waals surface area contributed by atoms with Crippen LogP contribution in [0.3, 0.4) is 0 Å². The molecular weight excluding hydrogens is 438 g/mol. The lowest BCUT2D eigenvalue weighted by Gasteiger charge is -2.27. The van der Waals surface area contributed by atoms with Crippen molar-refractivity contribution < 1.29 is 17.6 Å². The predicted octanol–water partition coefficient (Wildman–Crippen LogP) is 4.22. The molecule has 3 heterocycles. The summed E-state index contributed by atoms with van der Waals surface area (Å²) in [7, 11) is -3.11. The standard InChI is InChI=1S/C22H24ClN3O4S/c1-2-3-11-25(18-10-13-31(28,29)15-18)22(27)19-14-20(21-5-4-12-30-21)26(24-19)17-8-6-16(23)7-9-17/h4-9,12,14,18H,2-3,10-11,13,15H2,1H3. The Bertz CT molecular complexity index is 1150. The first-order chi connectivity index (χ1) is 14.9. The molecule has 0 spiro atoms. The maximum atomic E-state index is 13.5. The number of halogens is 1. The molecule has 1 unspecified atom stereocenters. The Hall–Kier alpha value is -2.58. The van der Waals surface area contributed by atoms with E-state index in [1.807, 2.05) is 19.1 Å². The van der Waals surface area contributed by atoms with Crippen molar-refractivity contribution in [1.82, 2.24) is 14.7 Å². The number of hydrogen-bond acceptors (Lipinski definition) is 5. The summed E-state index contributed by atoms with van der Waals surface area (Å²) in [6.07, 6.45) is 3.72. The van der Waals surface area contributed by atoms with Crippen molar-refractivity contribution in [1.29, 1.82) is 0 Å². The van der Waals surface area contributed by atoms with Gasteiger partial charge in [-0.15, -0.1) is 0 Å². The highest BCUT2D eigenvalue weighted by atomic mass is 35.5. The normalized spacial score (nSPS) is 17.7. The van der Waals surface area contributed by atoms with Gasteiger partial charge in [-0.1, -0.05) is 24.9 Å². The van der Waals surface area contributed by atoms with Gasteiger partial charge < -0.3 is 9.32 Å². The number of hydrogen-bond donors (Lipinski definition) is 0. The Labute approximate surface area is 186 Å². The highest BCUT2D eigenvalue weighted by Crippen LogP contribution is 2.27. The van der Waals surface area contributed by atoms with Gasteiger partial charge in [0.05, 0.1) is 23.5 Å². The number of aromatic nitrogens is 2. The molecule has 9 heteroatoms. The number of unbranched alkanes of at least 4 members (excludes halogenated alkanes) is 1. The average Bonchev–Trinajstić information content (AvgIpc) is 3.48. The van der Waals surface area contributed by atoms with Crippen molar-refractivity contribution in [3.05, 3.63) is 59.4 Å². The molecule has 0 N–H and O–H groups in total. The minimum atomic E-state index is -3.11. The molecule has 1 fully saturated rings. The van der Waals surface area contributed by atoms with Crippen molar-refractivity contribution in [2.75, 3.05) is 18.1 Å². The number of sulfone groups is 1. The van der Waals surface area contributed by atoms with Crippen LogP contribution in [0.4, 0.5) is 0 Å². The molecule has 164 valence electrons. The zero-order valence-electron chi connectivity index (χ0n) is 17.2. The molecule has 0 saturated carbocycles. The van der Waals surface area contributed by atoms with Crippen LogP contribution in [0.2, 0.25) is 5.02 Å². The van der Waals surface area contributed by atoms with Gasteiger partial charge in [0, 0.05) is 23.7 Å².